The van der Waals surface area contributed by atoms with E-state index in [4.69, 9.17) is 4.74 Å². The molecule has 5 aromatic rings. The Morgan fingerprint density at radius 2 is 1.79 bits per heavy atom. The maximum atomic E-state index is 14.8. The minimum Gasteiger partial charge on any atom is -0.457 e. The van der Waals surface area contributed by atoms with Gasteiger partial charge in [0.25, 0.3) is 0 Å². The van der Waals surface area contributed by atoms with Crippen molar-refractivity contribution < 1.29 is 13.9 Å². The van der Waals surface area contributed by atoms with Crippen LogP contribution in [0.15, 0.2) is 79.1 Å². The van der Waals surface area contributed by atoms with Gasteiger partial charge in [-0.3, -0.25) is 10.3 Å². The molecule has 3 N–H and O–H groups in total. The number of nitrogens with zero attached hydrogens (tertiary/aromatic N) is 4. The molecule has 2 amide bonds. The van der Waals surface area contributed by atoms with Gasteiger partial charge >= 0.3 is 6.03 Å². The van der Waals surface area contributed by atoms with Gasteiger partial charge in [0, 0.05) is 43.0 Å². The lowest BCUT2D eigenvalue weighted by atomic mass is 10.1. The molecule has 0 saturated heterocycles. The Labute approximate surface area is 218 Å². The Morgan fingerprint density at radius 3 is 2.58 bits per heavy atom. The smallest absolute Gasteiger partial charge is 0.324 e. The van der Waals surface area contributed by atoms with E-state index < -0.39 is 11.8 Å². The van der Waals surface area contributed by atoms with Crippen molar-refractivity contribution in [3.8, 4) is 17.2 Å². The van der Waals surface area contributed by atoms with Crippen LogP contribution in [0.4, 0.5) is 26.5 Å². The average Bonchev–Trinajstić information content (AvgIpc) is 3.34. The van der Waals surface area contributed by atoms with Crippen LogP contribution in [-0.4, -0.2) is 32.8 Å². The fourth-order valence-corrected chi connectivity index (χ4v) is 3.84. The summed E-state index contributed by atoms with van der Waals surface area (Å²) in [5, 5.41) is 13.9. The number of fused-ring (bicyclic) bond motifs is 1. The van der Waals surface area contributed by atoms with Gasteiger partial charge in [-0.1, -0.05) is 19.9 Å². The van der Waals surface area contributed by atoms with E-state index in [2.05, 4.69) is 31.0 Å². The molecule has 0 spiro atoms. The van der Waals surface area contributed by atoms with Crippen LogP contribution in [0.2, 0.25) is 0 Å². The number of urea groups is 1. The summed E-state index contributed by atoms with van der Waals surface area (Å²) in [6.45, 7) is 4.04. The molecule has 10 heteroatoms. The van der Waals surface area contributed by atoms with Crippen molar-refractivity contribution in [3.63, 3.8) is 0 Å². The molecule has 0 saturated carbocycles. The number of pyridine rings is 2. The number of rotatable bonds is 7. The maximum absolute atomic E-state index is 14.8. The summed E-state index contributed by atoms with van der Waals surface area (Å²) in [6.07, 6.45) is 3.32. The van der Waals surface area contributed by atoms with Crippen molar-refractivity contribution in [2.75, 3.05) is 23.0 Å². The summed E-state index contributed by atoms with van der Waals surface area (Å²) in [6, 6.07) is 18.3. The van der Waals surface area contributed by atoms with Gasteiger partial charge < -0.3 is 15.4 Å². The number of nitrogens with one attached hydrogen (secondary N) is 3. The molecule has 0 atom stereocenters. The molecule has 5 rings (SSSR count). The molecule has 0 radical (unpaired) electrons. The van der Waals surface area contributed by atoms with Crippen molar-refractivity contribution >= 4 is 34.3 Å². The van der Waals surface area contributed by atoms with E-state index in [0.717, 1.165) is 22.3 Å². The van der Waals surface area contributed by atoms with Crippen molar-refractivity contribution in [1.29, 1.82) is 0 Å². The number of carbonyl (C=O) groups is 1. The van der Waals surface area contributed by atoms with Crippen LogP contribution < -0.4 is 20.7 Å². The van der Waals surface area contributed by atoms with Crippen LogP contribution in [-0.2, 0) is 0 Å². The lowest BCUT2D eigenvalue weighted by Crippen LogP contribution is -2.22. The van der Waals surface area contributed by atoms with E-state index in [0.29, 0.717) is 17.4 Å². The van der Waals surface area contributed by atoms with E-state index >= 15 is 0 Å². The van der Waals surface area contributed by atoms with Gasteiger partial charge in [-0.25, -0.2) is 18.9 Å². The number of hydrogen-bond acceptors (Lipinski definition) is 6. The van der Waals surface area contributed by atoms with Crippen LogP contribution in [0.5, 0.6) is 11.5 Å². The standard InChI is InChI=1S/C28H26FN7O2/c1-17(2)25-16-27(36(35-25)19-6-8-23-18(13-19)5-4-11-31-23)34-28(37)33-24-9-7-20(14-22(24)29)38-21-10-12-32-26(15-21)30-3/h4-17H,1-3H3,(H,30,32)(H2,33,34,37). The van der Waals surface area contributed by atoms with Crippen LogP contribution in [0, 0.1) is 5.82 Å². The summed E-state index contributed by atoms with van der Waals surface area (Å²) in [7, 11) is 1.74. The van der Waals surface area contributed by atoms with Crippen molar-refractivity contribution in [2.24, 2.45) is 0 Å². The first-order valence-corrected chi connectivity index (χ1v) is 12.0. The molecule has 2 aromatic carbocycles. The topological polar surface area (TPSA) is 106 Å². The summed E-state index contributed by atoms with van der Waals surface area (Å²) < 4.78 is 22.2. The molecule has 0 aliphatic rings. The summed E-state index contributed by atoms with van der Waals surface area (Å²) in [5.41, 5.74) is 2.43. The van der Waals surface area contributed by atoms with Crippen molar-refractivity contribution in [1.82, 2.24) is 19.7 Å². The molecule has 0 fully saturated rings. The van der Waals surface area contributed by atoms with Gasteiger partial charge in [0.2, 0.25) is 0 Å². The fraction of sp³-hybridized carbons (Fsp3) is 0.143. The fourth-order valence-electron chi connectivity index (χ4n) is 3.84. The molecule has 38 heavy (non-hydrogen) atoms. The highest BCUT2D eigenvalue weighted by Crippen LogP contribution is 2.28. The lowest BCUT2D eigenvalue weighted by Gasteiger charge is -2.12. The van der Waals surface area contributed by atoms with E-state index in [-0.39, 0.29) is 17.4 Å². The quantitative estimate of drug-likeness (QED) is 0.229. The molecule has 0 aliphatic heterocycles. The average molecular weight is 512 g/mol. The zero-order valence-corrected chi connectivity index (χ0v) is 21.1. The highest BCUT2D eigenvalue weighted by atomic mass is 19.1. The highest BCUT2D eigenvalue weighted by Gasteiger charge is 2.16. The second-order valence-corrected chi connectivity index (χ2v) is 8.85. The number of carbonyl (C=O) groups excluding carboxylic acids is 1. The SMILES string of the molecule is CNc1cc(Oc2ccc(NC(=O)Nc3cc(C(C)C)nn3-c3ccc4ncccc4c3)c(F)c2)ccn1. The van der Waals surface area contributed by atoms with Crippen molar-refractivity contribution in [3.05, 3.63) is 90.6 Å². The molecule has 192 valence electrons. The predicted octanol–water partition coefficient (Wildman–Crippen LogP) is 6.56. The minimum absolute atomic E-state index is 0.00687. The van der Waals surface area contributed by atoms with Crippen LogP contribution in [0.3, 0.4) is 0 Å². The molecule has 9 nitrogen and oxygen atoms in total. The number of ether oxygens (including phenoxy) is 1. The minimum atomic E-state index is -0.640. The Morgan fingerprint density at radius 1 is 0.947 bits per heavy atom. The molecule has 3 aromatic heterocycles. The Balaban J connectivity index is 1.34. The van der Waals surface area contributed by atoms with Gasteiger partial charge in [0.05, 0.1) is 22.6 Å². The normalized spacial score (nSPS) is 11.0. The zero-order chi connectivity index (χ0) is 26.6. The second-order valence-electron chi connectivity index (χ2n) is 8.85. The second kappa shape index (κ2) is 10.6. The third kappa shape index (κ3) is 5.39. The Bertz CT molecular complexity index is 1620. The third-order valence-corrected chi connectivity index (χ3v) is 5.80. The maximum Gasteiger partial charge on any atom is 0.324 e. The molecule has 0 aliphatic carbocycles. The third-order valence-electron chi connectivity index (χ3n) is 5.80. The van der Waals surface area contributed by atoms with E-state index in [9.17, 15) is 9.18 Å². The first kappa shape index (κ1) is 24.7. The summed E-state index contributed by atoms with van der Waals surface area (Å²) >= 11 is 0. The number of halogens is 1. The number of amides is 2. The molecular weight excluding hydrogens is 485 g/mol. The van der Waals surface area contributed by atoms with Crippen LogP contribution >= 0.6 is 0 Å². The van der Waals surface area contributed by atoms with E-state index in [1.165, 1.54) is 12.1 Å². The number of benzene rings is 2. The van der Waals surface area contributed by atoms with Crippen LogP contribution in [0.25, 0.3) is 16.6 Å². The Kier molecular flexibility index (Phi) is 6.86. The monoisotopic (exact) mass is 511 g/mol. The van der Waals surface area contributed by atoms with Gasteiger partial charge in [0.15, 0.2) is 0 Å². The van der Waals surface area contributed by atoms with E-state index in [1.807, 2.05) is 44.2 Å². The molecule has 0 bridgehead atoms. The number of hydrogen-bond donors (Lipinski definition) is 3. The summed E-state index contributed by atoms with van der Waals surface area (Å²) in [4.78, 5) is 21.3. The lowest BCUT2D eigenvalue weighted by molar-refractivity contribution is 0.262. The highest BCUT2D eigenvalue weighted by molar-refractivity contribution is 5.99. The van der Waals surface area contributed by atoms with Gasteiger partial charge in [0.1, 0.15) is 29.0 Å². The van der Waals surface area contributed by atoms with Crippen LogP contribution in [0.1, 0.15) is 25.5 Å². The van der Waals surface area contributed by atoms with E-state index in [1.54, 1.807) is 48.4 Å². The van der Waals surface area contributed by atoms with Gasteiger partial charge in [-0.05, 0) is 48.4 Å². The molecule has 3 heterocycles. The predicted molar refractivity (Wildman–Crippen MR) is 146 cm³/mol. The number of anilines is 3. The first-order valence-electron chi connectivity index (χ1n) is 12.0. The Hall–Kier alpha value is -4.99. The van der Waals surface area contributed by atoms with Crippen molar-refractivity contribution in [2.45, 2.75) is 19.8 Å². The zero-order valence-electron chi connectivity index (χ0n) is 21.1. The largest absolute Gasteiger partial charge is 0.457 e. The van der Waals surface area contributed by atoms with Gasteiger partial charge in [-0.2, -0.15) is 5.10 Å². The first-order chi connectivity index (χ1) is 18.4. The summed E-state index contributed by atoms with van der Waals surface area (Å²) in [5.74, 6) is 1.36. The molecular formula is C28H26FN7O2. The van der Waals surface area contributed by atoms with Gasteiger partial charge in [-0.15, -0.1) is 0 Å². The number of aromatic nitrogens is 4. The molecule has 0 unspecified atom stereocenters.